The van der Waals surface area contributed by atoms with E-state index >= 15 is 0 Å². The first-order chi connectivity index (χ1) is 10.8. The first-order valence-corrected chi connectivity index (χ1v) is 7.36. The average Bonchev–Trinajstić information content (AvgIpc) is 3.02. The van der Waals surface area contributed by atoms with Crippen molar-refractivity contribution in [2.45, 2.75) is 13.0 Å². The van der Waals surface area contributed by atoms with Gasteiger partial charge in [0, 0.05) is 36.4 Å². The van der Waals surface area contributed by atoms with Crippen molar-refractivity contribution in [3.8, 4) is 17.3 Å². The van der Waals surface area contributed by atoms with Crippen molar-refractivity contribution in [3.05, 3.63) is 60.3 Å². The van der Waals surface area contributed by atoms with E-state index in [1.165, 1.54) is 0 Å². The van der Waals surface area contributed by atoms with Crippen molar-refractivity contribution >= 4 is 11.6 Å². The number of benzene rings is 1. The highest BCUT2D eigenvalue weighted by atomic mass is 35.5. The molecule has 5 nitrogen and oxygen atoms in total. The van der Waals surface area contributed by atoms with Gasteiger partial charge in [-0.1, -0.05) is 11.6 Å². The van der Waals surface area contributed by atoms with Gasteiger partial charge in [0.05, 0.1) is 12.8 Å². The summed E-state index contributed by atoms with van der Waals surface area (Å²) in [6, 6.07) is 7.37. The molecule has 0 saturated heterocycles. The largest absolute Gasteiger partial charge is 0.494 e. The highest BCUT2D eigenvalue weighted by molar-refractivity contribution is 6.30. The second kappa shape index (κ2) is 7.04. The van der Waals surface area contributed by atoms with E-state index in [4.69, 9.17) is 16.3 Å². The maximum atomic E-state index is 5.84. The molecule has 0 radical (unpaired) electrons. The summed E-state index contributed by atoms with van der Waals surface area (Å²) in [5.41, 5.74) is 0.770. The second-order valence-corrected chi connectivity index (χ2v) is 5.13. The van der Waals surface area contributed by atoms with Crippen LogP contribution in [-0.2, 0) is 6.54 Å². The molecule has 2 aromatic heterocycles. The molecule has 0 N–H and O–H groups in total. The van der Waals surface area contributed by atoms with E-state index in [-0.39, 0.29) is 0 Å². The smallest absolute Gasteiger partial charge is 0.160 e. The molecule has 6 heteroatoms. The third-order valence-electron chi connectivity index (χ3n) is 3.13. The summed E-state index contributed by atoms with van der Waals surface area (Å²) >= 11 is 5.84. The molecule has 0 aliphatic heterocycles. The molecule has 0 aliphatic rings. The summed E-state index contributed by atoms with van der Waals surface area (Å²) in [7, 11) is 0. The molecule has 0 amide bonds. The fraction of sp³-hybridized carbons (Fsp3) is 0.188. The zero-order chi connectivity index (χ0) is 15.2. The van der Waals surface area contributed by atoms with Gasteiger partial charge in [0.2, 0.25) is 0 Å². The lowest BCUT2D eigenvalue weighted by Gasteiger charge is -2.09. The molecule has 0 saturated carbocycles. The van der Waals surface area contributed by atoms with Crippen LogP contribution >= 0.6 is 11.6 Å². The molecule has 3 aromatic rings. The van der Waals surface area contributed by atoms with Crippen LogP contribution in [0.1, 0.15) is 6.42 Å². The molecular weight excluding hydrogens is 300 g/mol. The Morgan fingerprint density at radius 2 is 1.91 bits per heavy atom. The Kier molecular flexibility index (Phi) is 4.65. The summed E-state index contributed by atoms with van der Waals surface area (Å²) in [6.07, 6.45) is 9.60. The van der Waals surface area contributed by atoms with Crippen molar-refractivity contribution in [1.29, 1.82) is 0 Å². The summed E-state index contributed by atoms with van der Waals surface area (Å²) < 4.78 is 7.74. The Morgan fingerprint density at radius 1 is 1.05 bits per heavy atom. The van der Waals surface area contributed by atoms with Crippen LogP contribution in [-0.4, -0.2) is 26.1 Å². The van der Waals surface area contributed by atoms with E-state index in [1.807, 2.05) is 30.5 Å². The molecule has 3 rings (SSSR count). The lowest BCUT2D eigenvalue weighted by atomic mass is 10.3. The lowest BCUT2D eigenvalue weighted by Crippen LogP contribution is -2.05. The normalized spacial score (nSPS) is 10.6. The zero-order valence-electron chi connectivity index (χ0n) is 11.9. The fourth-order valence-corrected chi connectivity index (χ4v) is 2.22. The maximum Gasteiger partial charge on any atom is 0.160 e. The van der Waals surface area contributed by atoms with E-state index in [0.717, 1.165) is 30.2 Å². The van der Waals surface area contributed by atoms with Crippen LogP contribution in [0.25, 0.3) is 11.5 Å². The molecule has 0 aliphatic carbocycles. The highest BCUT2D eigenvalue weighted by Crippen LogP contribution is 2.16. The van der Waals surface area contributed by atoms with Gasteiger partial charge in [-0.15, -0.1) is 0 Å². The molecule has 22 heavy (non-hydrogen) atoms. The minimum Gasteiger partial charge on any atom is -0.494 e. The first kappa shape index (κ1) is 14.5. The van der Waals surface area contributed by atoms with Crippen molar-refractivity contribution in [2.75, 3.05) is 6.61 Å². The third-order valence-corrected chi connectivity index (χ3v) is 3.39. The number of nitrogens with zero attached hydrogens (tertiary/aromatic N) is 4. The number of aromatic nitrogens is 4. The molecule has 0 atom stereocenters. The van der Waals surface area contributed by atoms with E-state index in [0.29, 0.717) is 11.6 Å². The molecular formula is C16H15ClN4O. The quantitative estimate of drug-likeness (QED) is 0.654. The van der Waals surface area contributed by atoms with Crippen molar-refractivity contribution in [2.24, 2.45) is 0 Å². The Balaban J connectivity index is 1.54. The van der Waals surface area contributed by atoms with Crippen LogP contribution in [0.15, 0.2) is 55.2 Å². The second-order valence-electron chi connectivity index (χ2n) is 4.69. The van der Waals surface area contributed by atoms with Crippen LogP contribution in [0.2, 0.25) is 5.02 Å². The fourth-order valence-electron chi connectivity index (χ4n) is 2.09. The molecule has 0 spiro atoms. The molecule has 0 fully saturated rings. The van der Waals surface area contributed by atoms with Crippen LogP contribution in [0.4, 0.5) is 0 Å². The van der Waals surface area contributed by atoms with Gasteiger partial charge in [-0.3, -0.25) is 4.98 Å². The number of hydrogen-bond donors (Lipinski definition) is 0. The predicted molar refractivity (Wildman–Crippen MR) is 84.8 cm³/mol. The molecule has 0 bridgehead atoms. The molecule has 0 unspecified atom stereocenters. The summed E-state index contributed by atoms with van der Waals surface area (Å²) in [5, 5.41) is 0.708. The summed E-state index contributed by atoms with van der Waals surface area (Å²) in [5.74, 6) is 1.64. The van der Waals surface area contributed by atoms with Gasteiger partial charge in [-0.05, 0) is 30.7 Å². The number of aryl methyl sites for hydroxylation is 1. The van der Waals surface area contributed by atoms with E-state index < -0.39 is 0 Å². The van der Waals surface area contributed by atoms with Crippen LogP contribution in [0, 0.1) is 0 Å². The van der Waals surface area contributed by atoms with Gasteiger partial charge in [0.1, 0.15) is 11.4 Å². The maximum absolute atomic E-state index is 5.84. The topological polar surface area (TPSA) is 52.8 Å². The van der Waals surface area contributed by atoms with Gasteiger partial charge < -0.3 is 9.30 Å². The molecule has 2 heterocycles. The van der Waals surface area contributed by atoms with Crippen LogP contribution in [0.3, 0.4) is 0 Å². The van der Waals surface area contributed by atoms with E-state index in [9.17, 15) is 0 Å². The highest BCUT2D eigenvalue weighted by Gasteiger charge is 2.06. The SMILES string of the molecule is Clc1ccc(OCCCn2ccnc2-c2cnccn2)cc1. The van der Waals surface area contributed by atoms with Gasteiger partial charge in [0.15, 0.2) is 5.82 Å². The van der Waals surface area contributed by atoms with Crippen molar-refractivity contribution < 1.29 is 4.74 Å². The number of halogens is 1. The Morgan fingerprint density at radius 3 is 2.68 bits per heavy atom. The van der Waals surface area contributed by atoms with Gasteiger partial charge in [-0.2, -0.15) is 0 Å². The van der Waals surface area contributed by atoms with Crippen molar-refractivity contribution in [3.63, 3.8) is 0 Å². The number of imidazole rings is 1. The summed E-state index contributed by atoms with van der Waals surface area (Å²) in [6.45, 7) is 1.43. The number of ether oxygens (including phenoxy) is 1. The van der Waals surface area contributed by atoms with Gasteiger partial charge >= 0.3 is 0 Å². The standard InChI is InChI=1S/C16H15ClN4O/c17-13-2-4-14(5-3-13)22-11-1-9-21-10-8-20-16(21)15-12-18-6-7-19-15/h2-8,10,12H,1,9,11H2. The number of hydrogen-bond acceptors (Lipinski definition) is 4. The monoisotopic (exact) mass is 314 g/mol. The van der Waals surface area contributed by atoms with E-state index in [2.05, 4.69) is 19.5 Å². The van der Waals surface area contributed by atoms with Crippen LogP contribution in [0.5, 0.6) is 5.75 Å². The summed E-state index contributed by atoms with van der Waals surface area (Å²) in [4.78, 5) is 12.7. The Bertz CT molecular complexity index is 713. The van der Waals surface area contributed by atoms with Crippen LogP contribution < -0.4 is 4.74 Å². The lowest BCUT2D eigenvalue weighted by molar-refractivity contribution is 0.302. The molecule has 112 valence electrons. The van der Waals surface area contributed by atoms with Gasteiger partial charge in [-0.25, -0.2) is 9.97 Å². The minimum absolute atomic E-state index is 0.625. The van der Waals surface area contributed by atoms with E-state index in [1.54, 1.807) is 24.8 Å². The minimum atomic E-state index is 0.625. The average molecular weight is 315 g/mol. The Labute approximate surface area is 133 Å². The third kappa shape index (κ3) is 3.62. The molecule has 1 aromatic carbocycles. The first-order valence-electron chi connectivity index (χ1n) is 6.99. The van der Waals surface area contributed by atoms with Gasteiger partial charge in [0.25, 0.3) is 0 Å². The van der Waals surface area contributed by atoms with Crippen molar-refractivity contribution in [1.82, 2.24) is 19.5 Å². The predicted octanol–water partition coefficient (Wildman–Crippen LogP) is 3.46. The number of rotatable bonds is 6. The zero-order valence-corrected chi connectivity index (χ0v) is 12.6. The Hall–Kier alpha value is -2.40.